The number of rotatable bonds is 22. The number of H-pyrrole nitrogens is 3. The highest BCUT2D eigenvalue weighted by atomic mass is 35.5. The molecule has 6 heterocycles. The number of halogens is 1. The van der Waals surface area contributed by atoms with Gasteiger partial charge in [-0.3, -0.25) is 59.9 Å². The lowest BCUT2D eigenvalue weighted by molar-refractivity contribution is -0.119. The Labute approximate surface area is 560 Å². The van der Waals surface area contributed by atoms with Crippen molar-refractivity contribution < 1.29 is 68.8 Å². The first kappa shape index (κ1) is 81.7. The molecule has 3 aromatic heterocycles. The average molecular weight is 1380 g/mol. The van der Waals surface area contributed by atoms with E-state index in [0.717, 1.165) is 0 Å². The molecule has 3 aliphatic heterocycles. The van der Waals surface area contributed by atoms with Crippen molar-refractivity contribution in [3.8, 4) is 0 Å². The fourth-order valence-corrected chi connectivity index (χ4v) is 9.59. The minimum absolute atomic E-state index is 0.0655. The van der Waals surface area contributed by atoms with Crippen LogP contribution in [0.4, 0.5) is 49.7 Å². The van der Waals surface area contributed by atoms with Crippen LogP contribution in [0.3, 0.4) is 0 Å². The summed E-state index contributed by atoms with van der Waals surface area (Å²) in [5, 5.41) is 83.1. The Kier molecular flexibility index (Phi) is 31.6. The van der Waals surface area contributed by atoms with E-state index in [0.29, 0.717) is 54.9 Å². The Morgan fingerprint density at radius 2 is 0.927 bits per heavy atom. The first-order valence-corrected chi connectivity index (χ1v) is 31.8. The summed E-state index contributed by atoms with van der Waals surface area (Å²) in [6.45, 7) is 25.1. The van der Waals surface area contributed by atoms with Gasteiger partial charge in [-0.25, -0.2) is 14.4 Å². The number of carbonyl (C=O) groups excluding carboxylic acids is 5. The topological polar surface area (TPSA) is 570 Å². The summed E-state index contributed by atoms with van der Waals surface area (Å²) in [6, 6.07) is -2.08. The molecule has 0 saturated heterocycles. The second-order valence-electron chi connectivity index (χ2n) is 26.0. The van der Waals surface area contributed by atoms with Gasteiger partial charge in [-0.1, -0.05) is 6.58 Å². The zero-order valence-electron chi connectivity index (χ0n) is 56.6. The van der Waals surface area contributed by atoms with Crippen LogP contribution in [0.1, 0.15) is 125 Å². The van der Waals surface area contributed by atoms with Crippen molar-refractivity contribution in [2.75, 3.05) is 71.4 Å². The average Bonchev–Trinajstić information content (AvgIpc) is 0.813. The SMILES string of the molecule is C=C(NCCC[C@H](NC(=O)OC(C)(C)C)C(=O)Nc1nc2c(c(=O)[nH]1)CC([C@@H](O)[C@H](C)O)CN2)NC(=O)OC(C)(C)C.CCl.C[C@H](O)[C@H](O)C1CNc2nc(N)[nH]c(=O)c2C1.C[C@H](O)[C@H](O)C1CNc2nc(NC(=O)[C@H](CCCN=C(N)N)NC(=O)OC(C)(C)C)[nH]c(=O)c2C1. The number of amides is 5. The normalized spacial score (nSPS) is 17.9. The smallest absolute Gasteiger partial charge is 0.413 e. The quantitative estimate of drug-likeness (QED) is 0.0204. The summed E-state index contributed by atoms with van der Waals surface area (Å²) in [4.78, 5) is 124. The summed E-state index contributed by atoms with van der Waals surface area (Å²) in [7, 11) is 0. The first-order valence-electron chi connectivity index (χ1n) is 31.0. The molecule has 11 atom stereocenters. The van der Waals surface area contributed by atoms with Gasteiger partial charge in [0.2, 0.25) is 29.7 Å². The predicted octanol–water partition coefficient (Wildman–Crippen LogP) is -0.193. The molecule has 3 aliphatic rings. The summed E-state index contributed by atoms with van der Waals surface area (Å²) in [6.07, 6.45) is -4.56. The molecule has 3 unspecified atom stereocenters. The third kappa shape index (κ3) is 28.0. The van der Waals surface area contributed by atoms with Crippen LogP contribution in [0.5, 0.6) is 0 Å². The van der Waals surface area contributed by atoms with Gasteiger partial charge < -0.3 is 94.0 Å². The van der Waals surface area contributed by atoms with Crippen molar-refractivity contribution in [2.45, 2.75) is 194 Å². The number of anilines is 6. The Hall–Kier alpha value is -8.55. The highest BCUT2D eigenvalue weighted by Crippen LogP contribution is 2.27. The number of alkyl carbamates (subject to hydrolysis) is 3. The van der Waals surface area contributed by atoms with Crippen LogP contribution in [-0.4, -0.2) is 201 Å². The molecule has 0 aromatic carbocycles. The molecule has 0 saturated carbocycles. The molecule has 0 aliphatic carbocycles. The van der Waals surface area contributed by atoms with Crippen LogP contribution < -0.4 is 81.7 Å². The molecule has 36 nitrogen and oxygen atoms in total. The molecule has 24 N–H and O–H groups in total. The van der Waals surface area contributed by atoms with Crippen molar-refractivity contribution >= 4 is 83.0 Å². The number of hydrogen-bond acceptors (Lipinski definition) is 26. The van der Waals surface area contributed by atoms with E-state index in [9.17, 15) is 69.0 Å². The Morgan fingerprint density at radius 3 is 1.28 bits per heavy atom. The minimum atomic E-state index is -1.06. The number of aliphatic hydroxyl groups excluding tert-OH is 6. The largest absolute Gasteiger partial charge is 0.444 e. The van der Waals surface area contributed by atoms with E-state index in [1.165, 1.54) is 27.2 Å². The lowest BCUT2D eigenvalue weighted by atomic mass is 9.89. The van der Waals surface area contributed by atoms with Crippen molar-refractivity contribution in [1.29, 1.82) is 0 Å². The number of aromatic nitrogens is 6. The van der Waals surface area contributed by atoms with Gasteiger partial charge in [0.05, 0.1) is 53.3 Å². The van der Waals surface area contributed by atoms with Gasteiger partial charge in [-0.2, -0.15) is 15.0 Å². The number of fused-ring (bicyclic) bond motifs is 3. The summed E-state index contributed by atoms with van der Waals surface area (Å²) in [5.74, 6) is -1.33. The molecule has 0 spiro atoms. The number of nitrogens with two attached hydrogens (primary N) is 3. The molecule has 0 bridgehead atoms. The van der Waals surface area contributed by atoms with Gasteiger partial charge >= 0.3 is 18.3 Å². The molecule has 0 radical (unpaired) electrons. The second-order valence-corrected chi connectivity index (χ2v) is 26.0. The van der Waals surface area contributed by atoms with E-state index in [1.807, 2.05) is 0 Å². The number of hydrogen-bond donors (Lipinski definition) is 21. The first-order chi connectivity index (χ1) is 44.6. The Bertz CT molecular complexity index is 3300. The molecule has 96 heavy (non-hydrogen) atoms. The van der Waals surface area contributed by atoms with Gasteiger partial charge in [0.15, 0.2) is 5.96 Å². The van der Waals surface area contributed by atoms with E-state index in [1.54, 1.807) is 62.3 Å². The standard InChI is InChI=1S/C27H45N7O8.C21H36N8O6.C10H16N4O3.CH3Cl/c1-14(35)19(36)16-12-17-20(29-13-16)32-23(33-21(17)37)34-22(38)18(31-25(40)42-27(6,7)8)10-9-11-28-15(2)30-24(39)41-26(3,4)5;1-10(30)14(31)11-8-12-15(25-9-11)27-19(28-16(12)32)29-17(33)13(6-5-7-24-18(22)23)26-20(34)35-21(2,3)4;1-4(15)7(16)5-2-6-8(12-3-5)13-10(11)14-9(6)17;1-2/h14,16,18-19,28,35-36H,2,9-13H2,1,3-8H3,(H,30,39)(H,31,40)(H3,29,32,33,34,37,38);10-11,13-14,30-31H,5-9H2,1-4H3,(H,26,34)(H4,22,23,24)(H3,25,27,28,29,32,33);4-5,7,15-16H,2-3H2,1H3,(H4,11,12,13,14,17);1H3/t14-,16?,18-,19-;10-,11?,13-,14-;4-,5?,7-;/m000./s1. The highest BCUT2D eigenvalue weighted by Gasteiger charge is 2.35. The van der Waals surface area contributed by atoms with Crippen molar-refractivity contribution in [3.05, 3.63) is 60.2 Å². The molecule has 5 amide bonds. The molecule has 3 aromatic rings. The number of guanidine groups is 1. The fraction of sp³-hybridized carbons (Fsp3) is 0.661. The number of nitrogen functional groups attached to an aromatic ring is 1. The number of nitrogens with one attached hydrogen (secondary N) is 12. The predicted molar refractivity (Wildman–Crippen MR) is 360 cm³/mol. The van der Waals surface area contributed by atoms with E-state index in [-0.39, 0.29) is 104 Å². The highest BCUT2D eigenvalue weighted by molar-refractivity contribution is 6.15. The summed E-state index contributed by atoms with van der Waals surface area (Å²) >= 11 is 4.64. The molecule has 540 valence electrons. The third-order valence-electron chi connectivity index (χ3n) is 14.1. The van der Waals surface area contributed by atoms with Gasteiger partial charge in [-0.15, -0.1) is 11.6 Å². The maximum atomic E-state index is 13.2. The number of alkyl halides is 1. The number of aromatic amines is 3. The number of ether oxygens (including phenoxy) is 3. The lowest BCUT2D eigenvalue weighted by Crippen LogP contribution is -2.46. The summed E-state index contributed by atoms with van der Waals surface area (Å²) < 4.78 is 15.7. The zero-order chi connectivity index (χ0) is 72.7. The molecule has 0 fully saturated rings. The van der Waals surface area contributed by atoms with E-state index >= 15 is 0 Å². The van der Waals surface area contributed by atoms with Gasteiger partial charge in [0.25, 0.3) is 16.7 Å². The van der Waals surface area contributed by atoms with Crippen molar-refractivity contribution in [1.82, 2.24) is 51.2 Å². The van der Waals surface area contributed by atoms with Crippen molar-refractivity contribution in [2.24, 2.45) is 34.2 Å². The van der Waals surface area contributed by atoms with Crippen LogP contribution in [-0.2, 0) is 43.1 Å². The maximum Gasteiger partial charge on any atom is 0.413 e. The molecule has 37 heteroatoms. The van der Waals surface area contributed by atoms with Gasteiger partial charge in [0.1, 0.15) is 52.2 Å². The van der Waals surface area contributed by atoms with Crippen molar-refractivity contribution in [3.63, 3.8) is 0 Å². The maximum absolute atomic E-state index is 13.2. The monoisotopic (exact) mass is 1380 g/mol. The number of carbonyl (C=O) groups is 5. The minimum Gasteiger partial charge on any atom is -0.444 e. The number of aliphatic imine (C=N–C) groups is 1. The van der Waals surface area contributed by atoms with E-state index < -0.39 is 113 Å². The van der Waals surface area contributed by atoms with Crippen LogP contribution in [0.25, 0.3) is 0 Å². The van der Waals surface area contributed by atoms with Gasteiger partial charge in [0, 0.05) is 56.9 Å². The van der Waals surface area contributed by atoms with E-state index in [4.69, 9.17) is 31.4 Å². The van der Waals surface area contributed by atoms with Gasteiger partial charge in [-0.05, 0) is 128 Å². The Balaban J connectivity index is 0.000000398. The fourth-order valence-electron chi connectivity index (χ4n) is 9.59. The molecular weight excluding hydrogens is 1280 g/mol. The Morgan fingerprint density at radius 1 is 0.583 bits per heavy atom. The van der Waals surface area contributed by atoms with Crippen LogP contribution in [0.15, 0.2) is 31.8 Å². The van der Waals surface area contributed by atoms with E-state index in [2.05, 4.69) is 101 Å². The number of nitrogens with zero attached hydrogens (tertiary/aromatic N) is 4. The van der Waals surface area contributed by atoms with Crippen LogP contribution in [0.2, 0.25) is 0 Å². The summed E-state index contributed by atoms with van der Waals surface area (Å²) in [5.41, 5.74) is 13.6. The zero-order valence-corrected chi connectivity index (χ0v) is 57.4. The molecular formula is C59H100ClN19O17. The lowest BCUT2D eigenvalue weighted by Gasteiger charge is -2.30. The third-order valence-corrected chi connectivity index (χ3v) is 14.1. The molecule has 6 rings (SSSR count). The van der Waals surface area contributed by atoms with Crippen LogP contribution >= 0.6 is 11.6 Å². The number of aliphatic hydroxyl groups is 6. The van der Waals surface area contributed by atoms with Crippen LogP contribution in [0, 0.1) is 17.8 Å². The second kappa shape index (κ2) is 37.1.